The highest BCUT2D eigenvalue weighted by molar-refractivity contribution is 9.10. The summed E-state index contributed by atoms with van der Waals surface area (Å²) in [5.74, 6) is 2.11. The number of likely N-dealkylation sites (N-methyl/N-ethyl adjacent to an activating group) is 1. The minimum atomic E-state index is -0.620. The number of quaternary nitrogens is 1. The number of hydrogen-bond donors (Lipinski definition) is 1. The lowest BCUT2D eigenvalue weighted by molar-refractivity contribution is -0.833. The molecule has 1 atom stereocenters. The van der Waals surface area contributed by atoms with Crippen molar-refractivity contribution in [3.8, 4) is 11.5 Å². The molecule has 0 saturated carbocycles. The van der Waals surface area contributed by atoms with Gasteiger partial charge in [-0.1, -0.05) is 11.8 Å². The third-order valence-electron chi connectivity index (χ3n) is 8.03. The number of aryl methyl sites for hydroxylation is 1. The van der Waals surface area contributed by atoms with Crippen LogP contribution in [-0.4, -0.2) is 86.5 Å². The molecule has 232 valence electrons. The minimum absolute atomic E-state index is 0.0323. The number of benzene rings is 1. The van der Waals surface area contributed by atoms with E-state index in [0.717, 1.165) is 33.8 Å². The fraction of sp³-hybridized carbons (Fsp3) is 0.552. The molecule has 0 radical (unpaired) electrons. The van der Waals surface area contributed by atoms with Gasteiger partial charge in [-0.25, -0.2) is 19.4 Å². The van der Waals surface area contributed by atoms with Crippen LogP contribution >= 0.6 is 27.7 Å². The molecule has 4 heterocycles. The number of halogens is 1. The van der Waals surface area contributed by atoms with Crippen LogP contribution in [0, 0.1) is 5.92 Å². The van der Waals surface area contributed by atoms with E-state index in [1.54, 1.807) is 21.0 Å². The van der Waals surface area contributed by atoms with Gasteiger partial charge in [0.2, 0.25) is 6.79 Å². The summed E-state index contributed by atoms with van der Waals surface area (Å²) >= 11 is 5.14. The molecule has 12 nitrogen and oxygen atoms in total. The predicted molar refractivity (Wildman–Crippen MR) is 166 cm³/mol. The van der Waals surface area contributed by atoms with E-state index in [2.05, 4.69) is 30.5 Å². The molecule has 2 aromatic heterocycles. The zero-order valence-electron chi connectivity index (χ0n) is 25.4. The number of amides is 2. The topological polar surface area (TPSA) is 135 Å². The maximum absolute atomic E-state index is 13.4. The summed E-state index contributed by atoms with van der Waals surface area (Å²) in [7, 11) is 3.46. The maximum atomic E-state index is 13.4. The fourth-order valence-electron chi connectivity index (χ4n) is 5.12. The van der Waals surface area contributed by atoms with E-state index < -0.39 is 17.7 Å². The molecular formula is C29H39BrN7O5S+. The normalized spacial score (nSPS) is 16.5. The second-order valence-corrected chi connectivity index (χ2v) is 14.3. The number of aromatic nitrogens is 4. The predicted octanol–water partition coefficient (Wildman–Crippen LogP) is 5.08. The Balaban J connectivity index is 1.25. The lowest BCUT2D eigenvalue weighted by Gasteiger charge is -2.38. The van der Waals surface area contributed by atoms with Crippen LogP contribution in [0.4, 0.5) is 10.6 Å². The Hall–Kier alpha value is -3.10. The van der Waals surface area contributed by atoms with E-state index in [-0.39, 0.29) is 17.2 Å². The summed E-state index contributed by atoms with van der Waals surface area (Å²) in [6, 6.07) is 3.28. The molecule has 43 heavy (non-hydrogen) atoms. The van der Waals surface area contributed by atoms with E-state index in [4.69, 9.17) is 24.9 Å². The number of anilines is 1. The number of rotatable bonds is 7. The van der Waals surface area contributed by atoms with Crippen LogP contribution in [-0.2, 0) is 16.1 Å². The lowest BCUT2D eigenvalue weighted by atomic mass is 9.93. The molecule has 1 aromatic carbocycles. The number of imidazole rings is 1. The Morgan fingerprint density at radius 3 is 2.53 bits per heavy atom. The summed E-state index contributed by atoms with van der Waals surface area (Å²) in [5, 5.41) is 0.755. The second-order valence-electron chi connectivity index (χ2n) is 12.5. The van der Waals surface area contributed by atoms with E-state index in [9.17, 15) is 9.59 Å². The summed E-state index contributed by atoms with van der Waals surface area (Å²) in [4.78, 5) is 42.5. The number of carbonyl (C=O) groups is 2. The second kappa shape index (κ2) is 12.1. The van der Waals surface area contributed by atoms with Crippen LogP contribution in [0.1, 0.15) is 47.0 Å². The average molecular weight is 678 g/mol. The van der Waals surface area contributed by atoms with Crippen LogP contribution in [0.3, 0.4) is 0 Å². The minimum Gasteiger partial charge on any atom is -0.454 e. The van der Waals surface area contributed by atoms with Crippen molar-refractivity contribution >= 4 is 56.7 Å². The SMILES string of the molecule is C[C@@H](C(=O)N1CCC(CCn2c(Sc3cc4c(cc3Br)OCO4)nc3c(N)ncnc32)CC1)[N+](C)(C)C(=O)OC(C)(C)C. The number of hydrogen-bond acceptors (Lipinski definition) is 10. The van der Waals surface area contributed by atoms with Crippen LogP contribution in [0.5, 0.6) is 11.5 Å². The summed E-state index contributed by atoms with van der Waals surface area (Å²) in [6.07, 6.45) is 3.68. The van der Waals surface area contributed by atoms with Gasteiger partial charge in [0, 0.05) is 29.0 Å². The first-order valence-electron chi connectivity index (χ1n) is 14.3. The van der Waals surface area contributed by atoms with Gasteiger partial charge < -0.3 is 29.4 Å². The monoisotopic (exact) mass is 676 g/mol. The summed E-state index contributed by atoms with van der Waals surface area (Å²) < 4.78 is 19.5. The maximum Gasteiger partial charge on any atom is 0.516 e. The zero-order chi connectivity index (χ0) is 31.1. The zero-order valence-corrected chi connectivity index (χ0v) is 27.8. The van der Waals surface area contributed by atoms with Crippen LogP contribution in [0.2, 0.25) is 0 Å². The molecule has 2 aliphatic rings. The first-order chi connectivity index (χ1) is 20.2. The van der Waals surface area contributed by atoms with Crippen LogP contribution < -0.4 is 15.2 Å². The highest BCUT2D eigenvalue weighted by Gasteiger charge is 2.43. The summed E-state index contributed by atoms with van der Waals surface area (Å²) in [5.41, 5.74) is 6.81. The lowest BCUT2D eigenvalue weighted by Crippen LogP contribution is -2.60. The number of nitrogen functional groups attached to an aromatic ring is 1. The molecule has 2 N–H and O–H groups in total. The van der Waals surface area contributed by atoms with E-state index in [0.29, 0.717) is 54.0 Å². The first-order valence-corrected chi connectivity index (χ1v) is 15.9. The standard InChI is InChI=1S/C29H39BrN7O5S/c1-17(37(5,6)28(39)42-29(2,3)4)26(38)35-10-7-18(8-11-35)9-12-36-25-23(24(31)32-15-33-25)34-27(36)43-22-14-21-20(13-19(22)30)40-16-41-21/h13-15,17-18H,7-12,16H2,1-6H3,(H2,31,32,33)/q+1/t17-/m0/s1. The molecule has 3 aromatic rings. The number of carbonyl (C=O) groups excluding carboxylic acids is 2. The number of nitrogens with two attached hydrogens (primary N) is 1. The van der Waals surface area contributed by atoms with Gasteiger partial charge in [0.1, 0.15) is 11.9 Å². The fourth-order valence-corrected chi connectivity index (χ4v) is 6.63. The Bertz CT molecular complexity index is 1530. The smallest absolute Gasteiger partial charge is 0.454 e. The Labute approximate surface area is 264 Å². The van der Waals surface area contributed by atoms with Crippen molar-refractivity contribution in [3.63, 3.8) is 0 Å². The van der Waals surface area contributed by atoms with Crippen molar-refractivity contribution in [1.82, 2.24) is 24.4 Å². The van der Waals surface area contributed by atoms with Crippen molar-refractivity contribution in [2.24, 2.45) is 5.92 Å². The van der Waals surface area contributed by atoms with Gasteiger partial charge >= 0.3 is 6.09 Å². The Kier molecular flexibility index (Phi) is 8.83. The molecule has 2 aliphatic heterocycles. The molecule has 0 bridgehead atoms. The third-order valence-corrected chi connectivity index (χ3v) is 10.0. The first kappa shape index (κ1) is 31.3. The largest absolute Gasteiger partial charge is 0.516 e. The van der Waals surface area contributed by atoms with E-state index in [1.807, 2.05) is 37.8 Å². The molecular weight excluding hydrogens is 638 g/mol. The van der Waals surface area contributed by atoms with Gasteiger partial charge in [-0.2, -0.15) is 4.79 Å². The molecule has 14 heteroatoms. The van der Waals surface area contributed by atoms with Gasteiger partial charge in [-0.3, -0.25) is 4.79 Å². The third kappa shape index (κ3) is 6.70. The Morgan fingerprint density at radius 1 is 1.19 bits per heavy atom. The van der Waals surface area contributed by atoms with Crippen molar-refractivity contribution in [3.05, 3.63) is 22.9 Å². The number of ether oxygens (including phenoxy) is 3. The number of fused-ring (bicyclic) bond motifs is 2. The molecule has 0 unspecified atom stereocenters. The van der Waals surface area contributed by atoms with E-state index in [1.165, 1.54) is 18.1 Å². The molecule has 1 fully saturated rings. The molecule has 5 rings (SSSR count). The molecule has 0 aliphatic carbocycles. The average Bonchev–Trinajstić information content (AvgIpc) is 3.55. The van der Waals surface area contributed by atoms with Gasteiger partial charge in [0.15, 0.2) is 39.7 Å². The quantitative estimate of drug-likeness (QED) is 0.338. The van der Waals surface area contributed by atoms with Gasteiger partial charge in [-0.05, 0) is 80.9 Å². The highest BCUT2D eigenvalue weighted by Crippen LogP contribution is 2.43. The van der Waals surface area contributed by atoms with E-state index >= 15 is 0 Å². The summed E-state index contributed by atoms with van der Waals surface area (Å²) in [6.45, 7) is 9.46. The van der Waals surface area contributed by atoms with Gasteiger partial charge in [0.05, 0.1) is 14.1 Å². The number of piperidine rings is 1. The molecule has 0 spiro atoms. The van der Waals surface area contributed by atoms with Crippen molar-refractivity contribution < 1.29 is 28.3 Å². The van der Waals surface area contributed by atoms with Crippen LogP contribution in [0.25, 0.3) is 11.2 Å². The van der Waals surface area contributed by atoms with Gasteiger partial charge in [-0.15, -0.1) is 0 Å². The highest BCUT2D eigenvalue weighted by atomic mass is 79.9. The molecule has 2 amide bonds. The van der Waals surface area contributed by atoms with Crippen LogP contribution in [0.15, 0.2) is 33.0 Å². The van der Waals surface area contributed by atoms with Crippen molar-refractivity contribution in [2.75, 3.05) is 39.7 Å². The molecule has 1 saturated heterocycles. The van der Waals surface area contributed by atoms with Gasteiger partial charge in [0.25, 0.3) is 5.91 Å². The van der Waals surface area contributed by atoms with Crippen molar-refractivity contribution in [1.29, 1.82) is 0 Å². The van der Waals surface area contributed by atoms with Crippen molar-refractivity contribution in [2.45, 2.75) is 75.2 Å². The Morgan fingerprint density at radius 2 is 1.86 bits per heavy atom. The number of likely N-dealkylation sites (tertiary alicyclic amines) is 1. The number of nitrogens with zero attached hydrogens (tertiary/aromatic N) is 6.